The monoisotopic (exact) mass is 343 g/mol. The van der Waals surface area contributed by atoms with Crippen LogP contribution in [0.15, 0.2) is 18.2 Å². The van der Waals surface area contributed by atoms with Crippen LogP contribution >= 0.6 is 0 Å². The van der Waals surface area contributed by atoms with Gasteiger partial charge < -0.3 is 14.8 Å². The molecular formula is C21H29NO3. The smallest absolute Gasteiger partial charge is 0.226 e. The lowest BCUT2D eigenvalue weighted by atomic mass is 9.49. The van der Waals surface area contributed by atoms with Crippen molar-refractivity contribution >= 4 is 5.91 Å². The summed E-state index contributed by atoms with van der Waals surface area (Å²) in [6, 6.07) is 5.72. The van der Waals surface area contributed by atoms with Crippen LogP contribution in [0.2, 0.25) is 0 Å². The maximum atomic E-state index is 13.2. The summed E-state index contributed by atoms with van der Waals surface area (Å²) in [4.78, 5) is 13.2. The summed E-state index contributed by atoms with van der Waals surface area (Å²) in [6.07, 6.45) is 7.35. The van der Waals surface area contributed by atoms with Crippen molar-refractivity contribution in [2.24, 2.45) is 23.2 Å². The molecule has 1 aromatic carbocycles. The molecule has 1 aromatic rings. The molecule has 1 N–H and O–H groups in total. The Morgan fingerprint density at radius 2 is 1.68 bits per heavy atom. The van der Waals surface area contributed by atoms with Crippen molar-refractivity contribution < 1.29 is 14.3 Å². The number of amides is 1. The van der Waals surface area contributed by atoms with Crippen molar-refractivity contribution in [3.8, 4) is 11.5 Å². The van der Waals surface area contributed by atoms with E-state index in [2.05, 4.69) is 5.32 Å². The van der Waals surface area contributed by atoms with Crippen LogP contribution in [0.4, 0.5) is 0 Å². The molecule has 0 radical (unpaired) electrons. The summed E-state index contributed by atoms with van der Waals surface area (Å²) in [5.41, 5.74) is 0.893. The van der Waals surface area contributed by atoms with Gasteiger partial charge in [0.15, 0.2) is 0 Å². The molecule has 4 fully saturated rings. The summed E-state index contributed by atoms with van der Waals surface area (Å²) >= 11 is 0. The molecule has 4 saturated carbocycles. The zero-order valence-corrected chi connectivity index (χ0v) is 15.5. The van der Waals surface area contributed by atoms with Crippen molar-refractivity contribution in [1.82, 2.24) is 5.32 Å². The molecule has 0 saturated heterocycles. The molecule has 136 valence electrons. The summed E-state index contributed by atoms with van der Waals surface area (Å²) in [7, 11) is 3.30. The Kier molecular flexibility index (Phi) is 4.17. The fourth-order valence-electron chi connectivity index (χ4n) is 5.99. The van der Waals surface area contributed by atoms with Crippen molar-refractivity contribution in [3.05, 3.63) is 23.8 Å². The minimum atomic E-state index is -0.108. The zero-order valence-electron chi connectivity index (χ0n) is 15.5. The molecule has 0 aliphatic heterocycles. The van der Waals surface area contributed by atoms with E-state index in [0.717, 1.165) is 54.1 Å². The van der Waals surface area contributed by atoms with Crippen LogP contribution in [0.1, 0.15) is 57.1 Å². The molecule has 5 rings (SSSR count). The Bertz CT molecular complexity index is 634. The molecule has 0 heterocycles. The number of ether oxygens (including phenoxy) is 2. The summed E-state index contributed by atoms with van der Waals surface area (Å²) in [6.45, 7) is 2.04. The van der Waals surface area contributed by atoms with Gasteiger partial charge in [-0.25, -0.2) is 0 Å². The molecule has 4 nitrogen and oxygen atoms in total. The van der Waals surface area contributed by atoms with E-state index in [1.807, 2.05) is 25.1 Å². The number of hydrogen-bond donors (Lipinski definition) is 1. The van der Waals surface area contributed by atoms with E-state index < -0.39 is 0 Å². The van der Waals surface area contributed by atoms with Crippen LogP contribution in [0.5, 0.6) is 11.5 Å². The van der Waals surface area contributed by atoms with Crippen molar-refractivity contribution in [3.63, 3.8) is 0 Å². The van der Waals surface area contributed by atoms with E-state index in [9.17, 15) is 4.79 Å². The minimum Gasteiger partial charge on any atom is -0.497 e. The van der Waals surface area contributed by atoms with Crippen LogP contribution in [0.25, 0.3) is 0 Å². The maximum Gasteiger partial charge on any atom is 0.226 e. The van der Waals surface area contributed by atoms with Crippen LogP contribution in [-0.2, 0) is 4.79 Å². The molecule has 4 aliphatic carbocycles. The Balaban J connectivity index is 1.51. The Hall–Kier alpha value is -1.71. The van der Waals surface area contributed by atoms with Gasteiger partial charge in [-0.2, -0.15) is 0 Å². The van der Waals surface area contributed by atoms with Gasteiger partial charge in [0.2, 0.25) is 5.91 Å². The summed E-state index contributed by atoms with van der Waals surface area (Å²) < 4.78 is 10.8. The number of carbonyl (C=O) groups excluding carboxylic acids is 1. The molecule has 25 heavy (non-hydrogen) atoms. The van der Waals surface area contributed by atoms with E-state index in [4.69, 9.17) is 9.47 Å². The first-order valence-corrected chi connectivity index (χ1v) is 9.56. The first-order chi connectivity index (χ1) is 12.0. The molecule has 0 aromatic heterocycles. The van der Waals surface area contributed by atoms with Crippen molar-refractivity contribution in [1.29, 1.82) is 0 Å². The number of methoxy groups -OCH3 is 2. The van der Waals surface area contributed by atoms with E-state index in [0.29, 0.717) is 0 Å². The van der Waals surface area contributed by atoms with E-state index in [1.54, 1.807) is 14.2 Å². The maximum absolute atomic E-state index is 13.2. The minimum absolute atomic E-state index is 0.0682. The molecule has 4 aliphatic rings. The van der Waals surface area contributed by atoms with Gasteiger partial charge in [0, 0.05) is 17.0 Å². The van der Waals surface area contributed by atoms with Crippen LogP contribution in [0, 0.1) is 23.2 Å². The SMILES string of the molecule is COc1ccc(C(C)NC(=O)C23CC4CC(CC(C4)C2)C3)c(OC)c1. The first kappa shape index (κ1) is 16.7. The second-order valence-electron chi connectivity index (χ2n) is 8.50. The molecule has 1 unspecified atom stereocenters. The van der Waals surface area contributed by atoms with E-state index >= 15 is 0 Å². The largest absolute Gasteiger partial charge is 0.497 e. The quantitative estimate of drug-likeness (QED) is 0.876. The molecule has 4 heteroatoms. The highest BCUT2D eigenvalue weighted by Crippen LogP contribution is 2.60. The normalized spacial score (nSPS) is 33.8. The van der Waals surface area contributed by atoms with E-state index in [-0.39, 0.29) is 17.4 Å². The molecule has 1 atom stereocenters. The van der Waals surface area contributed by atoms with Crippen LogP contribution in [0.3, 0.4) is 0 Å². The summed E-state index contributed by atoms with van der Waals surface area (Å²) in [5, 5.41) is 3.31. The van der Waals surface area contributed by atoms with Gasteiger partial charge in [0.1, 0.15) is 11.5 Å². The number of rotatable bonds is 5. The van der Waals surface area contributed by atoms with Crippen molar-refractivity contribution in [2.75, 3.05) is 14.2 Å². The van der Waals surface area contributed by atoms with E-state index in [1.165, 1.54) is 19.3 Å². The summed E-state index contributed by atoms with van der Waals surface area (Å²) in [5.74, 6) is 4.13. The predicted octanol–water partition coefficient (Wildman–Crippen LogP) is 4.10. The van der Waals surface area contributed by atoms with Gasteiger partial charge in [-0.05, 0) is 75.3 Å². The molecule has 1 amide bonds. The highest BCUT2D eigenvalue weighted by Gasteiger charge is 2.54. The van der Waals surface area contributed by atoms with Gasteiger partial charge in [-0.3, -0.25) is 4.79 Å². The topological polar surface area (TPSA) is 47.6 Å². The Labute approximate surface area is 150 Å². The van der Waals surface area contributed by atoms with Crippen molar-refractivity contribution in [2.45, 2.75) is 51.5 Å². The molecule has 4 bridgehead atoms. The highest BCUT2D eigenvalue weighted by atomic mass is 16.5. The van der Waals surface area contributed by atoms with Gasteiger partial charge in [0.05, 0.1) is 20.3 Å². The lowest BCUT2D eigenvalue weighted by Gasteiger charge is -2.55. The number of nitrogens with one attached hydrogen (secondary N) is 1. The average molecular weight is 343 g/mol. The number of benzene rings is 1. The third-order valence-corrected chi connectivity index (χ3v) is 6.77. The molecule has 0 spiro atoms. The van der Waals surface area contributed by atoms with Gasteiger partial charge in [0.25, 0.3) is 0 Å². The van der Waals surface area contributed by atoms with Gasteiger partial charge in [-0.15, -0.1) is 0 Å². The van der Waals surface area contributed by atoms with Crippen LogP contribution < -0.4 is 14.8 Å². The number of hydrogen-bond acceptors (Lipinski definition) is 3. The molecular weight excluding hydrogens is 314 g/mol. The lowest BCUT2D eigenvalue weighted by molar-refractivity contribution is -0.147. The van der Waals surface area contributed by atoms with Gasteiger partial charge in [-0.1, -0.05) is 0 Å². The predicted molar refractivity (Wildman–Crippen MR) is 96.7 cm³/mol. The Morgan fingerprint density at radius 3 is 2.20 bits per heavy atom. The second kappa shape index (κ2) is 6.22. The number of carbonyl (C=O) groups is 1. The highest BCUT2D eigenvalue weighted by molar-refractivity contribution is 5.83. The van der Waals surface area contributed by atoms with Gasteiger partial charge >= 0.3 is 0 Å². The first-order valence-electron chi connectivity index (χ1n) is 9.56. The third-order valence-electron chi connectivity index (χ3n) is 6.77. The fraction of sp³-hybridized carbons (Fsp3) is 0.667. The Morgan fingerprint density at radius 1 is 1.08 bits per heavy atom. The zero-order chi connectivity index (χ0) is 17.6. The van der Waals surface area contributed by atoms with Crippen LogP contribution in [-0.4, -0.2) is 20.1 Å². The lowest BCUT2D eigenvalue weighted by Crippen LogP contribution is -2.53. The third kappa shape index (κ3) is 2.90. The fourth-order valence-corrected chi connectivity index (χ4v) is 5.99. The second-order valence-corrected chi connectivity index (χ2v) is 8.50. The average Bonchev–Trinajstić information content (AvgIpc) is 2.59. The standard InChI is InChI=1S/C21H29NO3/c1-13(18-5-4-17(24-2)9-19(18)25-3)22-20(23)21-10-14-6-15(11-21)8-16(7-14)12-21/h4-5,9,13-16H,6-8,10-12H2,1-3H3,(H,22,23).